The molecule has 2 rings (SSSR count). The molecular weight excluding hydrogens is 228 g/mol. The summed E-state index contributed by atoms with van der Waals surface area (Å²) in [5.74, 6) is 0. The van der Waals surface area contributed by atoms with Crippen molar-refractivity contribution in [2.75, 3.05) is 0 Å². The number of aryl methyl sites for hydroxylation is 2. The maximum Gasteiger partial charge on any atom is 0.0797 e. The maximum absolute atomic E-state index is 6.16. The first-order valence-corrected chi connectivity index (χ1v) is 6.82. The molecule has 1 atom stereocenters. The first kappa shape index (κ1) is 12.3. The highest BCUT2D eigenvalue weighted by Crippen LogP contribution is 2.15. The zero-order chi connectivity index (χ0) is 12.1. The van der Waals surface area contributed by atoms with Gasteiger partial charge in [0.05, 0.1) is 11.2 Å². The summed E-state index contributed by atoms with van der Waals surface area (Å²) in [6.07, 6.45) is 3.03. The Bertz CT molecular complexity index is 450. The Morgan fingerprint density at radius 2 is 2.06 bits per heavy atom. The maximum atomic E-state index is 6.16. The zero-order valence-electron chi connectivity index (χ0n) is 10.1. The van der Waals surface area contributed by atoms with Crippen LogP contribution in [0.25, 0.3) is 0 Å². The van der Waals surface area contributed by atoms with Crippen molar-refractivity contribution in [3.63, 3.8) is 0 Å². The minimum Gasteiger partial charge on any atom is -0.327 e. The quantitative estimate of drug-likeness (QED) is 0.881. The summed E-state index contributed by atoms with van der Waals surface area (Å²) in [7, 11) is 0. The van der Waals surface area contributed by atoms with Crippen molar-refractivity contribution in [2.45, 2.75) is 32.2 Å². The van der Waals surface area contributed by atoms with Gasteiger partial charge in [0.1, 0.15) is 0 Å². The third kappa shape index (κ3) is 3.65. The molecule has 17 heavy (non-hydrogen) atoms. The lowest BCUT2D eigenvalue weighted by Crippen LogP contribution is -2.23. The van der Waals surface area contributed by atoms with Crippen LogP contribution in [0.15, 0.2) is 35.8 Å². The minimum atomic E-state index is 0.235. The highest BCUT2D eigenvalue weighted by molar-refractivity contribution is 7.09. The van der Waals surface area contributed by atoms with Gasteiger partial charge in [0, 0.05) is 10.9 Å². The normalized spacial score (nSPS) is 12.6. The zero-order valence-corrected chi connectivity index (χ0v) is 10.9. The largest absolute Gasteiger partial charge is 0.327 e. The molecule has 1 unspecified atom stereocenters. The summed E-state index contributed by atoms with van der Waals surface area (Å²) in [5, 5.41) is 0. The van der Waals surface area contributed by atoms with Crippen LogP contribution in [-0.4, -0.2) is 11.0 Å². The number of rotatable bonds is 5. The molecule has 2 aromatic rings. The predicted octanol–water partition coefficient (Wildman–Crippen LogP) is 2.95. The smallest absolute Gasteiger partial charge is 0.0797 e. The molecule has 0 saturated carbocycles. The average Bonchev–Trinajstić information content (AvgIpc) is 2.74. The molecule has 0 radical (unpaired) electrons. The van der Waals surface area contributed by atoms with E-state index in [-0.39, 0.29) is 6.04 Å². The number of thiazole rings is 1. The topological polar surface area (TPSA) is 38.9 Å². The molecule has 1 aromatic carbocycles. The number of benzene rings is 1. The van der Waals surface area contributed by atoms with Gasteiger partial charge >= 0.3 is 0 Å². The van der Waals surface area contributed by atoms with Gasteiger partial charge in [-0.05, 0) is 31.7 Å². The highest BCUT2D eigenvalue weighted by Gasteiger charge is 2.07. The van der Waals surface area contributed by atoms with Crippen LogP contribution in [0, 0.1) is 6.92 Å². The lowest BCUT2D eigenvalue weighted by molar-refractivity contribution is 0.612. The number of nitrogens with two attached hydrogens (primary N) is 1. The van der Waals surface area contributed by atoms with Crippen molar-refractivity contribution in [1.82, 2.24) is 4.98 Å². The van der Waals surface area contributed by atoms with Gasteiger partial charge in [0.25, 0.3) is 0 Å². The van der Waals surface area contributed by atoms with Gasteiger partial charge in [0.2, 0.25) is 0 Å². The third-order valence-corrected chi connectivity index (χ3v) is 3.92. The number of nitrogens with zero attached hydrogens (tertiary/aromatic N) is 1. The van der Waals surface area contributed by atoms with Crippen LogP contribution in [0.3, 0.4) is 0 Å². The second kappa shape index (κ2) is 5.94. The summed E-state index contributed by atoms with van der Waals surface area (Å²) in [5.41, 5.74) is 10.5. The van der Waals surface area contributed by atoms with Crippen LogP contribution in [-0.2, 0) is 12.8 Å². The van der Waals surface area contributed by atoms with Gasteiger partial charge < -0.3 is 5.73 Å². The van der Waals surface area contributed by atoms with E-state index < -0.39 is 0 Å². The SMILES string of the molecule is Cc1ncsc1CCC(N)Cc1ccccc1. The molecule has 0 aliphatic rings. The Hall–Kier alpha value is -1.19. The van der Waals surface area contributed by atoms with E-state index >= 15 is 0 Å². The second-order valence-corrected chi connectivity index (χ2v) is 5.29. The van der Waals surface area contributed by atoms with Crippen LogP contribution >= 0.6 is 11.3 Å². The standard InChI is InChI=1S/C14H18N2S/c1-11-14(17-10-16-11)8-7-13(15)9-12-5-3-2-4-6-12/h2-6,10,13H,7-9,15H2,1H3. The molecule has 90 valence electrons. The van der Waals surface area contributed by atoms with Crippen molar-refractivity contribution in [1.29, 1.82) is 0 Å². The summed E-state index contributed by atoms with van der Waals surface area (Å²) < 4.78 is 0. The van der Waals surface area contributed by atoms with Crippen molar-refractivity contribution >= 4 is 11.3 Å². The van der Waals surface area contributed by atoms with Crippen molar-refractivity contribution < 1.29 is 0 Å². The molecule has 2 N–H and O–H groups in total. The molecule has 0 spiro atoms. The molecule has 0 bridgehead atoms. The monoisotopic (exact) mass is 246 g/mol. The fraction of sp³-hybridized carbons (Fsp3) is 0.357. The van der Waals surface area contributed by atoms with E-state index in [0.717, 1.165) is 25.0 Å². The lowest BCUT2D eigenvalue weighted by atomic mass is 10.0. The molecule has 1 heterocycles. The van der Waals surface area contributed by atoms with Crippen LogP contribution in [0.1, 0.15) is 22.6 Å². The summed E-state index contributed by atoms with van der Waals surface area (Å²) in [6.45, 7) is 2.06. The first-order valence-electron chi connectivity index (χ1n) is 5.94. The summed E-state index contributed by atoms with van der Waals surface area (Å²) >= 11 is 1.73. The Labute approximate surface area is 107 Å². The van der Waals surface area contributed by atoms with E-state index in [1.54, 1.807) is 11.3 Å². The van der Waals surface area contributed by atoms with Crippen molar-refractivity contribution in [3.05, 3.63) is 52.0 Å². The number of hydrogen-bond donors (Lipinski definition) is 1. The van der Waals surface area contributed by atoms with Gasteiger partial charge in [-0.25, -0.2) is 4.98 Å². The van der Waals surface area contributed by atoms with Gasteiger partial charge in [-0.3, -0.25) is 0 Å². The van der Waals surface area contributed by atoms with E-state index in [1.807, 2.05) is 11.6 Å². The Morgan fingerprint density at radius 1 is 1.29 bits per heavy atom. The Morgan fingerprint density at radius 3 is 2.71 bits per heavy atom. The fourth-order valence-electron chi connectivity index (χ4n) is 1.90. The summed E-state index contributed by atoms with van der Waals surface area (Å²) in [6, 6.07) is 10.7. The van der Waals surface area contributed by atoms with Gasteiger partial charge in [-0.2, -0.15) is 0 Å². The minimum absolute atomic E-state index is 0.235. The molecule has 3 heteroatoms. The van der Waals surface area contributed by atoms with Gasteiger partial charge in [-0.1, -0.05) is 30.3 Å². The highest BCUT2D eigenvalue weighted by atomic mass is 32.1. The van der Waals surface area contributed by atoms with E-state index in [0.29, 0.717) is 0 Å². The molecule has 0 fully saturated rings. The molecule has 0 amide bonds. The first-order chi connectivity index (χ1) is 8.25. The molecule has 0 saturated heterocycles. The van der Waals surface area contributed by atoms with E-state index in [1.165, 1.54) is 10.4 Å². The number of hydrogen-bond acceptors (Lipinski definition) is 3. The van der Waals surface area contributed by atoms with E-state index in [2.05, 4.69) is 36.2 Å². The Balaban J connectivity index is 1.82. The molecular formula is C14H18N2S. The Kier molecular flexibility index (Phi) is 4.29. The lowest BCUT2D eigenvalue weighted by Gasteiger charge is -2.10. The molecule has 2 nitrogen and oxygen atoms in total. The van der Waals surface area contributed by atoms with Crippen LogP contribution in [0.2, 0.25) is 0 Å². The number of aromatic nitrogens is 1. The molecule has 1 aromatic heterocycles. The van der Waals surface area contributed by atoms with Crippen LogP contribution in [0.4, 0.5) is 0 Å². The van der Waals surface area contributed by atoms with Gasteiger partial charge in [-0.15, -0.1) is 11.3 Å². The molecule has 0 aliphatic heterocycles. The summed E-state index contributed by atoms with van der Waals surface area (Å²) in [4.78, 5) is 5.63. The predicted molar refractivity (Wildman–Crippen MR) is 73.3 cm³/mol. The second-order valence-electron chi connectivity index (χ2n) is 4.35. The fourth-order valence-corrected chi connectivity index (χ4v) is 2.70. The molecule has 0 aliphatic carbocycles. The third-order valence-electron chi connectivity index (χ3n) is 2.93. The van der Waals surface area contributed by atoms with Crippen LogP contribution in [0.5, 0.6) is 0 Å². The van der Waals surface area contributed by atoms with Crippen molar-refractivity contribution in [3.8, 4) is 0 Å². The van der Waals surface area contributed by atoms with Crippen LogP contribution < -0.4 is 5.73 Å². The van der Waals surface area contributed by atoms with Crippen molar-refractivity contribution in [2.24, 2.45) is 5.73 Å². The van der Waals surface area contributed by atoms with E-state index in [9.17, 15) is 0 Å². The van der Waals surface area contributed by atoms with Gasteiger partial charge in [0.15, 0.2) is 0 Å². The van der Waals surface area contributed by atoms with E-state index in [4.69, 9.17) is 5.73 Å². The average molecular weight is 246 g/mol.